The lowest BCUT2D eigenvalue weighted by atomic mass is 10.1. The van der Waals surface area contributed by atoms with Gasteiger partial charge in [-0.2, -0.15) is 0 Å². The summed E-state index contributed by atoms with van der Waals surface area (Å²) >= 11 is 0. The summed E-state index contributed by atoms with van der Waals surface area (Å²) in [7, 11) is 5.16. The van der Waals surface area contributed by atoms with Gasteiger partial charge in [0.2, 0.25) is 5.91 Å². The lowest BCUT2D eigenvalue weighted by molar-refractivity contribution is -0.121. The van der Waals surface area contributed by atoms with Crippen LogP contribution in [-0.2, 0) is 11.2 Å². The van der Waals surface area contributed by atoms with Crippen molar-refractivity contribution in [2.24, 2.45) is 0 Å². The minimum Gasteiger partial charge on any atom is -0.497 e. The van der Waals surface area contributed by atoms with Gasteiger partial charge < -0.3 is 20.1 Å². The van der Waals surface area contributed by atoms with E-state index >= 15 is 0 Å². The minimum atomic E-state index is 0.0853. The largest absolute Gasteiger partial charge is 0.497 e. The highest BCUT2D eigenvalue weighted by Gasteiger charge is 2.06. The van der Waals surface area contributed by atoms with Crippen LogP contribution < -0.4 is 20.1 Å². The summed E-state index contributed by atoms with van der Waals surface area (Å²) in [6, 6.07) is 5.67. The molecular formula is C15H24N2O3. The number of amides is 1. The smallest absolute Gasteiger partial charge is 0.220 e. The van der Waals surface area contributed by atoms with Crippen LogP contribution in [0.25, 0.3) is 0 Å². The number of ether oxygens (including phenoxy) is 2. The Labute approximate surface area is 120 Å². The number of carbonyl (C=O) groups excluding carboxylic acids is 1. The molecule has 0 atom stereocenters. The summed E-state index contributed by atoms with van der Waals surface area (Å²) in [5.74, 6) is 1.69. The Balaban J connectivity index is 2.42. The standard InChI is InChI=1S/C15H24N2O3/c1-16-9-4-5-15(18)17-10-8-12-11-13(19-2)6-7-14(12)20-3/h6-7,11,16H,4-5,8-10H2,1-3H3,(H,17,18). The van der Waals surface area contributed by atoms with Gasteiger partial charge in [0.1, 0.15) is 11.5 Å². The Bertz CT molecular complexity index is 422. The summed E-state index contributed by atoms with van der Waals surface area (Å²) < 4.78 is 10.5. The van der Waals surface area contributed by atoms with E-state index in [0.29, 0.717) is 13.0 Å². The van der Waals surface area contributed by atoms with E-state index in [-0.39, 0.29) is 5.91 Å². The maximum Gasteiger partial charge on any atom is 0.220 e. The normalized spacial score (nSPS) is 10.2. The Kier molecular flexibility index (Phi) is 7.50. The second-order valence-electron chi connectivity index (χ2n) is 4.48. The first-order chi connectivity index (χ1) is 9.71. The average molecular weight is 280 g/mol. The fourth-order valence-corrected chi connectivity index (χ4v) is 1.93. The molecule has 2 N–H and O–H groups in total. The number of carbonyl (C=O) groups is 1. The highest BCUT2D eigenvalue weighted by atomic mass is 16.5. The van der Waals surface area contributed by atoms with Crippen LogP contribution >= 0.6 is 0 Å². The maximum absolute atomic E-state index is 11.6. The second-order valence-corrected chi connectivity index (χ2v) is 4.48. The van der Waals surface area contributed by atoms with Gasteiger partial charge >= 0.3 is 0 Å². The third kappa shape index (κ3) is 5.48. The van der Waals surface area contributed by atoms with Crippen molar-refractivity contribution >= 4 is 5.91 Å². The summed E-state index contributed by atoms with van der Waals surface area (Å²) in [6.07, 6.45) is 2.12. The molecule has 0 unspecified atom stereocenters. The van der Waals surface area contributed by atoms with E-state index in [1.807, 2.05) is 25.2 Å². The van der Waals surface area contributed by atoms with Crippen LogP contribution in [0, 0.1) is 0 Å². The lowest BCUT2D eigenvalue weighted by Crippen LogP contribution is -2.26. The number of benzene rings is 1. The molecule has 0 aliphatic heterocycles. The van der Waals surface area contributed by atoms with Crippen molar-refractivity contribution in [3.05, 3.63) is 23.8 Å². The van der Waals surface area contributed by atoms with Crippen LogP contribution in [0.1, 0.15) is 18.4 Å². The fourth-order valence-electron chi connectivity index (χ4n) is 1.93. The molecule has 0 heterocycles. The van der Waals surface area contributed by atoms with E-state index in [1.54, 1.807) is 14.2 Å². The first-order valence-corrected chi connectivity index (χ1v) is 6.83. The molecule has 20 heavy (non-hydrogen) atoms. The van der Waals surface area contributed by atoms with Gasteiger partial charge in [-0.25, -0.2) is 0 Å². The summed E-state index contributed by atoms with van der Waals surface area (Å²) in [4.78, 5) is 11.6. The summed E-state index contributed by atoms with van der Waals surface area (Å²) in [6.45, 7) is 1.46. The topological polar surface area (TPSA) is 59.6 Å². The maximum atomic E-state index is 11.6. The van der Waals surface area contributed by atoms with E-state index < -0.39 is 0 Å². The van der Waals surface area contributed by atoms with Crippen molar-refractivity contribution in [3.8, 4) is 11.5 Å². The van der Waals surface area contributed by atoms with Crippen molar-refractivity contribution in [3.63, 3.8) is 0 Å². The van der Waals surface area contributed by atoms with E-state index in [2.05, 4.69) is 10.6 Å². The molecule has 0 bridgehead atoms. The molecule has 1 rings (SSSR count). The predicted octanol–water partition coefficient (Wildman–Crippen LogP) is 1.36. The SMILES string of the molecule is CNCCCC(=O)NCCc1cc(OC)ccc1OC. The van der Waals surface area contributed by atoms with Gasteiger partial charge in [-0.3, -0.25) is 4.79 Å². The molecule has 0 aromatic heterocycles. The van der Waals surface area contributed by atoms with Gasteiger partial charge in [-0.15, -0.1) is 0 Å². The molecule has 5 heteroatoms. The molecule has 0 saturated heterocycles. The van der Waals surface area contributed by atoms with E-state index in [4.69, 9.17) is 9.47 Å². The van der Waals surface area contributed by atoms with Gasteiger partial charge in [-0.1, -0.05) is 0 Å². The zero-order valence-electron chi connectivity index (χ0n) is 12.5. The average Bonchev–Trinajstić information content (AvgIpc) is 2.47. The molecular weight excluding hydrogens is 256 g/mol. The molecule has 1 aromatic rings. The highest BCUT2D eigenvalue weighted by Crippen LogP contribution is 2.24. The molecule has 5 nitrogen and oxygen atoms in total. The Morgan fingerprint density at radius 3 is 2.65 bits per heavy atom. The lowest BCUT2D eigenvalue weighted by Gasteiger charge is -2.11. The minimum absolute atomic E-state index is 0.0853. The number of methoxy groups -OCH3 is 2. The first kappa shape index (κ1) is 16.3. The van der Waals surface area contributed by atoms with Crippen LogP contribution in [-0.4, -0.2) is 40.3 Å². The monoisotopic (exact) mass is 280 g/mol. The number of nitrogens with one attached hydrogen (secondary N) is 2. The van der Waals surface area contributed by atoms with Gasteiger partial charge in [0.25, 0.3) is 0 Å². The van der Waals surface area contributed by atoms with Crippen LogP contribution in [0.5, 0.6) is 11.5 Å². The van der Waals surface area contributed by atoms with Gasteiger partial charge in [0, 0.05) is 13.0 Å². The Morgan fingerprint density at radius 2 is 2.00 bits per heavy atom. The van der Waals surface area contributed by atoms with Crippen molar-refractivity contribution in [2.45, 2.75) is 19.3 Å². The highest BCUT2D eigenvalue weighted by molar-refractivity contribution is 5.75. The van der Waals surface area contributed by atoms with Gasteiger partial charge in [0.05, 0.1) is 14.2 Å². The number of hydrogen-bond donors (Lipinski definition) is 2. The summed E-state index contributed by atoms with van der Waals surface area (Å²) in [5, 5.41) is 5.94. The van der Waals surface area contributed by atoms with Crippen molar-refractivity contribution < 1.29 is 14.3 Å². The van der Waals surface area contributed by atoms with E-state index in [0.717, 1.165) is 36.4 Å². The van der Waals surface area contributed by atoms with Crippen LogP contribution in [0.3, 0.4) is 0 Å². The van der Waals surface area contributed by atoms with Crippen LogP contribution in [0.15, 0.2) is 18.2 Å². The molecule has 1 amide bonds. The first-order valence-electron chi connectivity index (χ1n) is 6.83. The second kappa shape index (κ2) is 9.20. The number of hydrogen-bond acceptors (Lipinski definition) is 4. The molecule has 0 saturated carbocycles. The summed E-state index contributed by atoms with van der Waals surface area (Å²) in [5.41, 5.74) is 1.03. The Morgan fingerprint density at radius 1 is 1.20 bits per heavy atom. The quantitative estimate of drug-likeness (QED) is 0.671. The van der Waals surface area contributed by atoms with Crippen molar-refractivity contribution in [1.82, 2.24) is 10.6 Å². The van der Waals surface area contributed by atoms with E-state index in [9.17, 15) is 4.79 Å². The van der Waals surface area contributed by atoms with Crippen molar-refractivity contribution in [1.29, 1.82) is 0 Å². The van der Waals surface area contributed by atoms with Gasteiger partial charge in [-0.05, 0) is 50.2 Å². The van der Waals surface area contributed by atoms with Gasteiger partial charge in [0.15, 0.2) is 0 Å². The number of rotatable bonds is 9. The Hall–Kier alpha value is -1.75. The molecule has 0 spiro atoms. The molecule has 0 radical (unpaired) electrons. The molecule has 0 fully saturated rings. The third-order valence-electron chi connectivity index (χ3n) is 3.03. The van der Waals surface area contributed by atoms with E-state index in [1.165, 1.54) is 0 Å². The molecule has 0 aliphatic rings. The molecule has 0 aliphatic carbocycles. The van der Waals surface area contributed by atoms with Crippen molar-refractivity contribution in [2.75, 3.05) is 34.4 Å². The van der Waals surface area contributed by atoms with Crippen LogP contribution in [0.2, 0.25) is 0 Å². The predicted molar refractivity (Wildman–Crippen MR) is 79.4 cm³/mol. The van der Waals surface area contributed by atoms with Crippen LogP contribution in [0.4, 0.5) is 0 Å². The molecule has 112 valence electrons. The fraction of sp³-hybridized carbons (Fsp3) is 0.533. The third-order valence-corrected chi connectivity index (χ3v) is 3.03. The zero-order valence-corrected chi connectivity index (χ0v) is 12.5. The molecule has 1 aromatic carbocycles. The zero-order chi connectivity index (χ0) is 14.8.